The maximum atomic E-state index is 10.4. The van der Waals surface area contributed by atoms with Crippen molar-refractivity contribution in [3.05, 3.63) is 29.3 Å². The van der Waals surface area contributed by atoms with Gasteiger partial charge in [0.1, 0.15) is 12.0 Å². The Morgan fingerprint density at radius 3 is 2.86 bits per heavy atom. The molecule has 2 N–H and O–H groups in total. The highest BCUT2D eigenvalue weighted by atomic mass is 16.5. The quantitative estimate of drug-likeness (QED) is 0.728. The Hall–Kier alpha value is -1.35. The van der Waals surface area contributed by atoms with Crippen LogP contribution in [0.3, 0.4) is 0 Å². The molecular formula is C11H15NO2. The van der Waals surface area contributed by atoms with Gasteiger partial charge in [0, 0.05) is 0 Å². The summed E-state index contributed by atoms with van der Waals surface area (Å²) < 4.78 is 5.25. The predicted molar refractivity (Wildman–Crippen MR) is 55.5 cm³/mol. The number of methoxy groups -OCH3 is 1. The van der Waals surface area contributed by atoms with E-state index in [-0.39, 0.29) is 0 Å². The number of rotatable bonds is 4. The Bertz CT molecular complexity index is 323. The zero-order valence-corrected chi connectivity index (χ0v) is 8.49. The molecule has 76 valence electrons. The van der Waals surface area contributed by atoms with E-state index < -0.39 is 6.04 Å². The first-order valence-electron chi connectivity index (χ1n) is 4.52. The summed E-state index contributed by atoms with van der Waals surface area (Å²) >= 11 is 0. The highest BCUT2D eigenvalue weighted by molar-refractivity contribution is 5.58. The molecule has 0 bridgehead atoms. The first-order chi connectivity index (χ1) is 6.69. The second-order valence-corrected chi connectivity index (χ2v) is 3.27. The van der Waals surface area contributed by atoms with Gasteiger partial charge in [0.05, 0.1) is 13.2 Å². The van der Waals surface area contributed by atoms with Gasteiger partial charge in [-0.15, -0.1) is 0 Å². The van der Waals surface area contributed by atoms with Crippen LogP contribution >= 0.6 is 0 Å². The maximum Gasteiger partial charge on any atom is 0.137 e. The molecule has 0 saturated heterocycles. The van der Waals surface area contributed by atoms with Crippen LogP contribution in [0.4, 0.5) is 0 Å². The van der Waals surface area contributed by atoms with Crippen molar-refractivity contribution in [2.45, 2.75) is 19.4 Å². The molecule has 1 unspecified atom stereocenters. The molecule has 1 aromatic rings. The Labute approximate surface area is 83.9 Å². The third-order valence-corrected chi connectivity index (χ3v) is 2.13. The molecule has 3 nitrogen and oxygen atoms in total. The summed E-state index contributed by atoms with van der Waals surface area (Å²) in [6, 6.07) is 5.37. The average molecular weight is 193 g/mol. The van der Waals surface area contributed by atoms with E-state index in [9.17, 15) is 4.79 Å². The number of hydrogen-bond acceptors (Lipinski definition) is 3. The van der Waals surface area contributed by atoms with E-state index in [1.54, 1.807) is 7.11 Å². The van der Waals surface area contributed by atoms with Crippen molar-refractivity contribution in [2.75, 3.05) is 7.11 Å². The Morgan fingerprint density at radius 1 is 1.57 bits per heavy atom. The molecule has 0 fully saturated rings. The smallest absolute Gasteiger partial charge is 0.137 e. The van der Waals surface area contributed by atoms with E-state index in [2.05, 4.69) is 0 Å². The number of benzene rings is 1. The average Bonchev–Trinajstić information content (AvgIpc) is 2.18. The third kappa shape index (κ3) is 2.33. The summed E-state index contributed by atoms with van der Waals surface area (Å²) in [6.07, 6.45) is 1.27. The number of hydrogen-bond donors (Lipinski definition) is 1. The molecule has 0 aliphatic rings. The van der Waals surface area contributed by atoms with Crippen molar-refractivity contribution in [2.24, 2.45) is 5.73 Å². The lowest BCUT2D eigenvalue weighted by Gasteiger charge is -2.12. The number of carbonyl (C=O) groups is 1. The molecule has 0 aliphatic heterocycles. The van der Waals surface area contributed by atoms with Gasteiger partial charge < -0.3 is 15.3 Å². The van der Waals surface area contributed by atoms with Crippen molar-refractivity contribution >= 4 is 6.29 Å². The summed E-state index contributed by atoms with van der Waals surface area (Å²) in [6.45, 7) is 1.97. The first kappa shape index (κ1) is 10.7. The monoisotopic (exact) mass is 193 g/mol. The fraction of sp³-hybridized carbons (Fsp3) is 0.364. The van der Waals surface area contributed by atoms with Gasteiger partial charge in [-0.3, -0.25) is 0 Å². The van der Waals surface area contributed by atoms with Crippen LogP contribution in [0.5, 0.6) is 5.75 Å². The Kier molecular flexibility index (Phi) is 3.65. The molecule has 3 heteroatoms. The van der Waals surface area contributed by atoms with Crippen LogP contribution in [0.25, 0.3) is 0 Å². The van der Waals surface area contributed by atoms with Crippen LogP contribution in [-0.4, -0.2) is 19.4 Å². The van der Waals surface area contributed by atoms with E-state index >= 15 is 0 Å². The Balaban J connectivity index is 2.95. The molecule has 0 amide bonds. The van der Waals surface area contributed by atoms with Gasteiger partial charge in [0.2, 0.25) is 0 Å². The molecule has 1 aromatic carbocycles. The Morgan fingerprint density at radius 2 is 2.29 bits per heavy atom. The highest BCUT2D eigenvalue weighted by Crippen LogP contribution is 2.23. The molecule has 1 rings (SSSR count). The number of nitrogens with two attached hydrogens (primary N) is 1. The molecule has 0 aliphatic carbocycles. The molecule has 0 saturated carbocycles. The third-order valence-electron chi connectivity index (χ3n) is 2.13. The van der Waals surface area contributed by atoms with Crippen molar-refractivity contribution < 1.29 is 9.53 Å². The second-order valence-electron chi connectivity index (χ2n) is 3.27. The predicted octanol–water partition coefficient (Wildman–Crippen LogP) is 1.07. The summed E-state index contributed by atoms with van der Waals surface area (Å²) in [4.78, 5) is 10.4. The fourth-order valence-electron chi connectivity index (χ4n) is 1.47. The zero-order chi connectivity index (χ0) is 10.6. The lowest BCUT2D eigenvalue weighted by molar-refractivity contribution is -0.108. The zero-order valence-electron chi connectivity index (χ0n) is 8.49. The maximum absolute atomic E-state index is 10.4. The summed E-state index contributed by atoms with van der Waals surface area (Å²) in [5, 5.41) is 0. The number of aldehydes is 1. The molecule has 1 atom stereocenters. The lowest BCUT2D eigenvalue weighted by atomic mass is 10.0. The highest BCUT2D eigenvalue weighted by Gasteiger charge is 2.09. The summed E-state index contributed by atoms with van der Waals surface area (Å²) in [7, 11) is 1.62. The number of ether oxygens (including phenoxy) is 1. The van der Waals surface area contributed by atoms with Crippen molar-refractivity contribution in [1.82, 2.24) is 0 Å². The molecule has 0 radical (unpaired) electrons. The van der Waals surface area contributed by atoms with E-state index in [0.29, 0.717) is 6.42 Å². The standard InChI is InChI=1S/C11H15NO2/c1-8-4-3-5-9(11(8)14-2)6-10(12)7-13/h3-5,7,10H,6,12H2,1-2H3. The van der Waals surface area contributed by atoms with Crippen LogP contribution in [0.1, 0.15) is 11.1 Å². The number of para-hydroxylation sites is 1. The van der Waals surface area contributed by atoms with E-state index in [0.717, 1.165) is 23.2 Å². The summed E-state index contributed by atoms with van der Waals surface area (Å²) in [5.74, 6) is 0.824. The van der Waals surface area contributed by atoms with Gasteiger partial charge in [0.15, 0.2) is 0 Å². The number of carbonyl (C=O) groups excluding carboxylic acids is 1. The van der Waals surface area contributed by atoms with Crippen molar-refractivity contribution in [3.8, 4) is 5.75 Å². The lowest BCUT2D eigenvalue weighted by Crippen LogP contribution is -2.24. The SMILES string of the molecule is COc1c(C)cccc1CC(N)C=O. The van der Waals surface area contributed by atoms with Crippen molar-refractivity contribution in [1.29, 1.82) is 0 Å². The second kappa shape index (κ2) is 4.77. The first-order valence-corrected chi connectivity index (χ1v) is 4.52. The van der Waals surface area contributed by atoms with Crippen LogP contribution in [0.15, 0.2) is 18.2 Å². The molecular weight excluding hydrogens is 178 g/mol. The summed E-state index contributed by atoms with van der Waals surface area (Å²) in [5.41, 5.74) is 7.59. The van der Waals surface area contributed by atoms with E-state index in [4.69, 9.17) is 10.5 Å². The van der Waals surface area contributed by atoms with Crippen molar-refractivity contribution in [3.63, 3.8) is 0 Å². The van der Waals surface area contributed by atoms with Gasteiger partial charge in [-0.05, 0) is 24.5 Å². The fourth-order valence-corrected chi connectivity index (χ4v) is 1.47. The molecule has 0 heterocycles. The van der Waals surface area contributed by atoms with Gasteiger partial charge in [-0.1, -0.05) is 18.2 Å². The van der Waals surface area contributed by atoms with Crippen LogP contribution in [-0.2, 0) is 11.2 Å². The molecule has 14 heavy (non-hydrogen) atoms. The number of aryl methyl sites for hydroxylation is 1. The van der Waals surface area contributed by atoms with E-state index in [1.165, 1.54) is 0 Å². The van der Waals surface area contributed by atoms with Crippen LogP contribution < -0.4 is 10.5 Å². The van der Waals surface area contributed by atoms with Crippen LogP contribution in [0.2, 0.25) is 0 Å². The van der Waals surface area contributed by atoms with Crippen LogP contribution in [0, 0.1) is 6.92 Å². The normalized spacial score (nSPS) is 12.2. The minimum Gasteiger partial charge on any atom is -0.496 e. The minimum atomic E-state index is -0.453. The van der Waals surface area contributed by atoms with E-state index in [1.807, 2.05) is 25.1 Å². The topological polar surface area (TPSA) is 52.3 Å². The molecule has 0 aromatic heterocycles. The molecule has 0 spiro atoms. The largest absolute Gasteiger partial charge is 0.496 e. The van der Waals surface area contributed by atoms with Gasteiger partial charge >= 0.3 is 0 Å². The van der Waals surface area contributed by atoms with Gasteiger partial charge in [0.25, 0.3) is 0 Å². The van der Waals surface area contributed by atoms with Gasteiger partial charge in [-0.2, -0.15) is 0 Å². The minimum absolute atomic E-state index is 0.453. The van der Waals surface area contributed by atoms with Gasteiger partial charge in [-0.25, -0.2) is 0 Å².